The van der Waals surface area contributed by atoms with Gasteiger partial charge in [-0.15, -0.1) is 0 Å². The Labute approximate surface area is 150 Å². The Hall–Kier alpha value is -2.49. The van der Waals surface area contributed by atoms with E-state index in [2.05, 4.69) is 28.4 Å². The van der Waals surface area contributed by atoms with Gasteiger partial charge in [0.15, 0.2) is 6.10 Å². The summed E-state index contributed by atoms with van der Waals surface area (Å²) < 4.78 is 5.93. The summed E-state index contributed by atoms with van der Waals surface area (Å²) in [6, 6.07) is 16.1. The number of hydrogen-bond acceptors (Lipinski definition) is 3. The highest BCUT2D eigenvalue weighted by Gasteiger charge is 2.18. The molecule has 2 aromatic carbocycles. The lowest BCUT2D eigenvalue weighted by Gasteiger charge is -2.22. The number of nitrogens with one attached hydrogen (secondary N) is 1. The molecule has 0 saturated carbocycles. The van der Waals surface area contributed by atoms with Crippen molar-refractivity contribution >= 4 is 11.6 Å². The molecule has 0 saturated heterocycles. The summed E-state index contributed by atoms with van der Waals surface area (Å²) >= 11 is 0. The van der Waals surface area contributed by atoms with Gasteiger partial charge in [-0.1, -0.05) is 42.8 Å². The topological polar surface area (TPSA) is 41.6 Å². The minimum atomic E-state index is -0.469. The zero-order chi connectivity index (χ0) is 18.2. The van der Waals surface area contributed by atoms with Gasteiger partial charge in [-0.3, -0.25) is 4.79 Å². The van der Waals surface area contributed by atoms with Crippen LogP contribution < -0.4 is 15.0 Å². The normalized spacial score (nSPS) is 11.7. The Kier molecular flexibility index (Phi) is 6.87. The van der Waals surface area contributed by atoms with Crippen molar-refractivity contribution in [2.24, 2.45) is 0 Å². The second-order valence-corrected chi connectivity index (χ2v) is 6.33. The fourth-order valence-corrected chi connectivity index (χ4v) is 2.68. The zero-order valence-electron chi connectivity index (χ0n) is 15.6. The van der Waals surface area contributed by atoms with Crippen molar-refractivity contribution in [2.45, 2.75) is 33.3 Å². The van der Waals surface area contributed by atoms with Crippen molar-refractivity contribution in [2.75, 3.05) is 25.0 Å². The molecule has 0 spiro atoms. The number of amides is 1. The van der Waals surface area contributed by atoms with Gasteiger partial charge in [0.1, 0.15) is 5.75 Å². The molecule has 25 heavy (non-hydrogen) atoms. The molecule has 1 N–H and O–H groups in total. The van der Waals surface area contributed by atoms with Gasteiger partial charge in [0.25, 0.3) is 5.91 Å². The van der Waals surface area contributed by atoms with Gasteiger partial charge in [0.2, 0.25) is 0 Å². The summed E-state index contributed by atoms with van der Waals surface area (Å²) in [7, 11) is 2.02. The number of benzene rings is 2. The van der Waals surface area contributed by atoms with Crippen LogP contribution >= 0.6 is 0 Å². The number of rotatable bonds is 8. The number of anilines is 1. The number of likely N-dealkylation sites (N-methyl/N-ethyl adjacent to an activating group) is 1. The highest BCUT2D eigenvalue weighted by molar-refractivity contribution is 5.81. The van der Waals surface area contributed by atoms with Gasteiger partial charge in [-0.25, -0.2) is 0 Å². The van der Waals surface area contributed by atoms with Crippen molar-refractivity contribution in [1.82, 2.24) is 5.32 Å². The van der Waals surface area contributed by atoms with Gasteiger partial charge >= 0.3 is 0 Å². The minimum absolute atomic E-state index is 0.0658. The van der Waals surface area contributed by atoms with E-state index >= 15 is 0 Å². The lowest BCUT2D eigenvalue weighted by Crippen LogP contribution is -2.41. The third-order valence-electron chi connectivity index (χ3n) is 4.21. The fourth-order valence-electron chi connectivity index (χ4n) is 2.68. The summed E-state index contributed by atoms with van der Waals surface area (Å²) in [5, 5.41) is 2.98. The smallest absolute Gasteiger partial charge is 0.261 e. The molecule has 2 rings (SSSR count). The van der Waals surface area contributed by atoms with E-state index in [1.165, 1.54) is 5.56 Å². The molecule has 4 nitrogen and oxygen atoms in total. The summed E-state index contributed by atoms with van der Waals surface area (Å²) in [5.74, 6) is 0.706. The van der Waals surface area contributed by atoms with Crippen LogP contribution in [0.4, 0.5) is 5.69 Å². The molecule has 0 aliphatic rings. The van der Waals surface area contributed by atoms with E-state index in [9.17, 15) is 4.79 Å². The Bertz CT molecular complexity index is 686. The molecule has 0 heterocycles. The largest absolute Gasteiger partial charge is 0.480 e. The first-order valence-corrected chi connectivity index (χ1v) is 8.79. The quantitative estimate of drug-likeness (QED) is 0.796. The number of aryl methyl sites for hydroxylation is 2. The first kappa shape index (κ1) is 18.8. The lowest BCUT2D eigenvalue weighted by atomic mass is 10.1. The lowest BCUT2D eigenvalue weighted by molar-refractivity contribution is -0.128. The standard InChI is InChI=1S/C21H28N2O2/c1-5-19(25-20-12-11-16(2)15-17(20)3)21(24)22-13-14-23(4)18-9-7-6-8-10-18/h6-12,15,19H,5,13-14H2,1-4H3,(H,22,24)/t19-/m0/s1. The maximum Gasteiger partial charge on any atom is 0.261 e. The molecule has 0 aromatic heterocycles. The summed E-state index contributed by atoms with van der Waals surface area (Å²) in [4.78, 5) is 14.5. The molecule has 0 unspecified atom stereocenters. The maximum atomic E-state index is 12.4. The molecule has 0 fully saturated rings. The van der Waals surface area contributed by atoms with Gasteiger partial charge < -0.3 is 15.0 Å². The van der Waals surface area contributed by atoms with Gasteiger partial charge in [0.05, 0.1) is 0 Å². The second kappa shape index (κ2) is 9.11. The van der Waals surface area contributed by atoms with Crippen molar-refractivity contribution in [3.63, 3.8) is 0 Å². The van der Waals surface area contributed by atoms with Crippen molar-refractivity contribution in [3.05, 3.63) is 59.7 Å². The number of carbonyl (C=O) groups is 1. The first-order chi connectivity index (χ1) is 12.0. The Morgan fingerprint density at radius 3 is 2.52 bits per heavy atom. The van der Waals surface area contributed by atoms with Crippen molar-refractivity contribution < 1.29 is 9.53 Å². The number of hydrogen-bond donors (Lipinski definition) is 1. The molecule has 134 valence electrons. The third-order valence-corrected chi connectivity index (χ3v) is 4.21. The van der Waals surface area contributed by atoms with Crippen LogP contribution in [0.5, 0.6) is 5.75 Å². The highest BCUT2D eigenvalue weighted by atomic mass is 16.5. The molecular formula is C21H28N2O2. The predicted molar refractivity (Wildman–Crippen MR) is 103 cm³/mol. The van der Waals surface area contributed by atoms with E-state index in [-0.39, 0.29) is 5.91 Å². The van der Waals surface area contributed by atoms with Gasteiger partial charge in [-0.2, -0.15) is 0 Å². The van der Waals surface area contributed by atoms with E-state index in [0.717, 1.165) is 23.5 Å². The minimum Gasteiger partial charge on any atom is -0.480 e. The highest BCUT2D eigenvalue weighted by Crippen LogP contribution is 2.21. The molecule has 0 aliphatic carbocycles. The van der Waals surface area contributed by atoms with E-state index in [4.69, 9.17) is 4.74 Å². The average molecular weight is 340 g/mol. The number of carbonyl (C=O) groups excluding carboxylic acids is 1. The Morgan fingerprint density at radius 1 is 1.16 bits per heavy atom. The van der Waals surface area contributed by atoms with Crippen LogP contribution in [0.2, 0.25) is 0 Å². The number of ether oxygens (including phenoxy) is 1. The SMILES string of the molecule is CC[C@H](Oc1ccc(C)cc1C)C(=O)NCCN(C)c1ccccc1. The summed E-state index contributed by atoms with van der Waals surface area (Å²) in [6.07, 6.45) is 0.164. The second-order valence-electron chi connectivity index (χ2n) is 6.33. The van der Waals surface area contributed by atoms with Crippen LogP contribution in [0.15, 0.2) is 48.5 Å². The maximum absolute atomic E-state index is 12.4. The van der Waals surface area contributed by atoms with Gasteiger partial charge in [0, 0.05) is 25.8 Å². The van der Waals surface area contributed by atoms with Gasteiger partial charge in [-0.05, 0) is 44.0 Å². The first-order valence-electron chi connectivity index (χ1n) is 8.79. The van der Waals surface area contributed by atoms with E-state index in [1.807, 2.05) is 58.2 Å². The molecule has 0 aliphatic heterocycles. The van der Waals surface area contributed by atoms with E-state index < -0.39 is 6.10 Å². The number of nitrogens with zero attached hydrogens (tertiary/aromatic N) is 1. The van der Waals surface area contributed by atoms with E-state index in [1.54, 1.807) is 0 Å². The predicted octanol–water partition coefficient (Wildman–Crippen LogP) is 3.71. The number of para-hydroxylation sites is 1. The molecule has 0 bridgehead atoms. The molecular weight excluding hydrogens is 312 g/mol. The van der Waals surface area contributed by atoms with E-state index in [0.29, 0.717) is 13.0 Å². The molecule has 1 atom stereocenters. The molecule has 0 radical (unpaired) electrons. The third kappa shape index (κ3) is 5.52. The van der Waals surface area contributed by atoms with Crippen LogP contribution in [-0.4, -0.2) is 32.1 Å². The average Bonchev–Trinajstić information content (AvgIpc) is 2.61. The fraction of sp³-hybridized carbons (Fsp3) is 0.381. The van der Waals surface area contributed by atoms with Crippen LogP contribution in [0.1, 0.15) is 24.5 Å². The Morgan fingerprint density at radius 2 is 1.88 bits per heavy atom. The zero-order valence-corrected chi connectivity index (χ0v) is 15.6. The molecule has 1 amide bonds. The van der Waals surface area contributed by atoms with Crippen molar-refractivity contribution in [3.8, 4) is 5.75 Å². The Balaban J connectivity index is 1.85. The summed E-state index contributed by atoms with van der Waals surface area (Å²) in [6.45, 7) is 7.34. The molecule has 4 heteroatoms. The van der Waals surface area contributed by atoms with Crippen LogP contribution in [0, 0.1) is 13.8 Å². The van der Waals surface area contributed by atoms with Crippen LogP contribution in [-0.2, 0) is 4.79 Å². The summed E-state index contributed by atoms with van der Waals surface area (Å²) in [5.41, 5.74) is 3.37. The molecule has 2 aromatic rings. The monoisotopic (exact) mass is 340 g/mol. The van der Waals surface area contributed by atoms with Crippen molar-refractivity contribution in [1.29, 1.82) is 0 Å². The van der Waals surface area contributed by atoms with Crippen LogP contribution in [0.25, 0.3) is 0 Å². The van der Waals surface area contributed by atoms with Crippen LogP contribution in [0.3, 0.4) is 0 Å².